The van der Waals surface area contributed by atoms with Crippen molar-refractivity contribution in [3.05, 3.63) is 34.6 Å². The van der Waals surface area contributed by atoms with E-state index in [1.165, 1.54) is 5.32 Å². The zero-order valence-electron chi connectivity index (χ0n) is 9.67. The maximum absolute atomic E-state index is 12.9. The van der Waals surface area contributed by atoms with E-state index in [2.05, 4.69) is 0 Å². The van der Waals surface area contributed by atoms with Crippen molar-refractivity contribution in [1.29, 1.82) is 0 Å². The van der Waals surface area contributed by atoms with Gasteiger partial charge in [-0.2, -0.15) is 13.2 Å². The van der Waals surface area contributed by atoms with Crippen molar-refractivity contribution >= 4 is 23.5 Å². The predicted molar refractivity (Wildman–Crippen MR) is 60.7 cm³/mol. The second kappa shape index (κ2) is 6.08. The van der Waals surface area contributed by atoms with Gasteiger partial charge in [0, 0.05) is 6.42 Å². The molecule has 0 saturated heterocycles. The molecule has 1 amide bonds. The van der Waals surface area contributed by atoms with Crippen LogP contribution in [0.3, 0.4) is 0 Å². The van der Waals surface area contributed by atoms with Gasteiger partial charge in [-0.05, 0) is 17.7 Å². The zero-order chi connectivity index (χ0) is 15.5. The van der Waals surface area contributed by atoms with Gasteiger partial charge in [-0.25, -0.2) is 9.18 Å². The Bertz CT molecular complexity index is 533. The minimum atomic E-state index is -5.19. The summed E-state index contributed by atoms with van der Waals surface area (Å²) in [6, 6.07) is 1.39. The maximum atomic E-state index is 12.9. The molecule has 20 heavy (non-hydrogen) atoms. The largest absolute Gasteiger partial charge is 0.480 e. The number of amides is 1. The number of halogens is 5. The molecule has 1 aromatic rings. The van der Waals surface area contributed by atoms with Crippen LogP contribution in [0.2, 0.25) is 5.02 Å². The minimum Gasteiger partial charge on any atom is -0.480 e. The van der Waals surface area contributed by atoms with Crippen molar-refractivity contribution in [1.82, 2.24) is 5.32 Å². The van der Waals surface area contributed by atoms with Gasteiger partial charge in [0.1, 0.15) is 11.9 Å². The molecule has 0 bridgehead atoms. The summed E-state index contributed by atoms with van der Waals surface area (Å²) >= 11 is 5.47. The fourth-order valence-electron chi connectivity index (χ4n) is 1.34. The highest BCUT2D eigenvalue weighted by atomic mass is 35.5. The molecule has 1 aromatic carbocycles. The first-order chi connectivity index (χ1) is 9.11. The van der Waals surface area contributed by atoms with E-state index in [1.807, 2.05) is 0 Å². The first-order valence-electron chi connectivity index (χ1n) is 5.15. The Morgan fingerprint density at radius 1 is 1.35 bits per heavy atom. The molecule has 0 aromatic heterocycles. The van der Waals surface area contributed by atoms with Gasteiger partial charge in [0.25, 0.3) is 0 Å². The number of benzene rings is 1. The second-order valence-electron chi connectivity index (χ2n) is 3.81. The minimum absolute atomic E-state index is 0.172. The standard InChI is InChI=1S/C11H8ClF4NO3/c12-6-3-5(1-2-7(6)13)4-8(9(18)19)17-10(20)11(14,15)16/h1-3,8H,4H2,(H,17,20)(H,18,19)/t8-/m0/s1. The van der Waals surface area contributed by atoms with Gasteiger partial charge in [0.05, 0.1) is 5.02 Å². The number of carbonyl (C=O) groups excluding carboxylic acids is 1. The highest BCUT2D eigenvalue weighted by molar-refractivity contribution is 6.30. The SMILES string of the molecule is O=C(O)[C@H](Cc1ccc(F)c(Cl)c1)NC(=O)C(F)(F)F. The van der Waals surface area contributed by atoms with E-state index < -0.39 is 36.3 Å². The molecule has 110 valence electrons. The molecule has 0 radical (unpaired) electrons. The number of hydrogen-bond acceptors (Lipinski definition) is 2. The summed E-state index contributed by atoms with van der Waals surface area (Å²) in [6.45, 7) is 0. The fraction of sp³-hybridized carbons (Fsp3) is 0.273. The molecule has 0 fully saturated rings. The van der Waals surface area contributed by atoms with Crippen molar-refractivity contribution in [3.63, 3.8) is 0 Å². The molecular formula is C11H8ClF4NO3. The van der Waals surface area contributed by atoms with E-state index in [9.17, 15) is 27.2 Å². The lowest BCUT2D eigenvalue weighted by Crippen LogP contribution is -2.47. The third kappa shape index (κ3) is 4.37. The number of alkyl halides is 3. The van der Waals surface area contributed by atoms with E-state index in [0.717, 1.165) is 18.2 Å². The van der Waals surface area contributed by atoms with E-state index in [0.29, 0.717) is 0 Å². The smallest absolute Gasteiger partial charge is 0.471 e. The zero-order valence-corrected chi connectivity index (χ0v) is 10.4. The number of hydrogen-bond donors (Lipinski definition) is 2. The van der Waals surface area contributed by atoms with Gasteiger partial charge in [0.15, 0.2) is 0 Å². The molecule has 2 N–H and O–H groups in total. The topological polar surface area (TPSA) is 66.4 Å². The molecule has 0 unspecified atom stereocenters. The van der Waals surface area contributed by atoms with E-state index >= 15 is 0 Å². The van der Waals surface area contributed by atoms with Gasteiger partial charge in [-0.3, -0.25) is 4.79 Å². The average Bonchev–Trinajstić information content (AvgIpc) is 2.31. The van der Waals surface area contributed by atoms with Crippen LogP contribution in [-0.2, 0) is 16.0 Å². The number of rotatable bonds is 4. The third-order valence-corrected chi connectivity index (χ3v) is 2.57. The molecule has 0 aliphatic rings. The summed E-state index contributed by atoms with van der Waals surface area (Å²) in [4.78, 5) is 21.5. The van der Waals surface area contributed by atoms with Crippen molar-refractivity contribution in [3.8, 4) is 0 Å². The fourth-order valence-corrected chi connectivity index (χ4v) is 1.55. The first kappa shape index (κ1) is 16.2. The lowest BCUT2D eigenvalue weighted by atomic mass is 10.1. The van der Waals surface area contributed by atoms with Gasteiger partial charge in [0.2, 0.25) is 0 Å². The van der Waals surface area contributed by atoms with Crippen molar-refractivity contribution in [2.75, 3.05) is 0 Å². The summed E-state index contributed by atoms with van der Waals surface area (Å²) in [6.07, 6.45) is -5.65. The Morgan fingerprint density at radius 2 is 1.95 bits per heavy atom. The van der Waals surface area contributed by atoms with Crippen molar-refractivity contribution in [2.45, 2.75) is 18.6 Å². The van der Waals surface area contributed by atoms with Crippen LogP contribution in [0.4, 0.5) is 17.6 Å². The Morgan fingerprint density at radius 3 is 2.40 bits per heavy atom. The van der Waals surface area contributed by atoms with Gasteiger partial charge >= 0.3 is 18.1 Å². The van der Waals surface area contributed by atoms with Gasteiger partial charge in [-0.1, -0.05) is 17.7 Å². The second-order valence-corrected chi connectivity index (χ2v) is 4.22. The molecule has 0 aliphatic heterocycles. The summed E-state index contributed by atoms with van der Waals surface area (Å²) in [5.74, 6) is -4.76. The molecule has 0 heterocycles. The first-order valence-corrected chi connectivity index (χ1v) is 5.53. The van der Waals surface area contributed by atoms with Crippen LogP contribution < -0.4 is 5.32 Å². The highest BCUT2D eigenvalue weighted by Crippen LogP contribution is 2.18. The molecule has 0 aliphatic carbocycles. The van der Waals surface area contributed by atoms with Crippen LogP contribution in [0, 0.1) is 5.82 Å². The number of carboxylic acid groups (broad SMARTS) is 1. The van der Waals surface area contributed by atoms with E-state index in [1.54, 1.807) is 0 Å². The van der Waals surface area contributed by atoms with Crippen LogP contribution in [0.5, 0.6) is 0 Å². The lowest BCUT2D eigenvalue weighted by molar-refractivity contribution is -0.175. The Labute approximate surface area is 115 Å². The summed E-state index contributed by atoms with van der Waals surface area (Å²) in [5, 5.41) is 9.83. The quantitative estimate of drug-likeness (QED) is 0.837. The molecule has 0 saturated carbocycles. The summed E-state index contributed by atoms with van der Waals surface area (Å²) in [5.41, 5.74) is 0.172. The van der Waals surface area contributed by atoms with Crippen LogP contribution in [0.15, 0.2) is 18.2 Å². The predicted octanol–water partition coefficient (Wildman–Crippen LogP) is 2.15. The highest BCUT2D eigenvalue weighted by Gasteiger charge is 2.40. The molecule has 1 atom stereocenters. The van der Waals surface area contributed by atoms with Crippen LogP contribution in [-0.4, -0.2) is 29.2 Å². The van der Waals surface area contributed by atoms with Gasteiger partial charge in [-0.15, -0.1) is 0 Å². The summed E-state index contributed by atoms with van der Waals surface area (Å²) in [7, 11) is 0. The lowest BCUT2D eigenvalue weighted by Gasteiger charge is -2.16. The Balaban J connectivity index is 2.85. The normalized spacial score (nSPS) is 12.8. The Kier molecular flexibility index (Phi) is 4.93. The third-order valence-electron chi connectivity index (χ3n) is 2.28. The molecule has 1 rings (SSSR count). The maximum Gasteiger partial charge on any atom is 0.471 e. The van der Waals surface area contributed by atoms with E-state index in [-0.39, 0.29) is 10.6 Å². The monoisotopic (exact) mass is 313 g/mol. The molecule has 4 nitrogen and oxygen atoms in total. The van der Waals surface area contributed by atoms with E-state index in [4.69, 9.17) is 16.7 Å². The number of aliphatic carboxylic acids is 1. The average molecular weight is 314 g/mol. The van der Waals surface area contributed by atoms with Crippen LogP contribution in [0.25, 0.3) is 0 Å². The number of carbonyl (C=O) groups is 2. The summed E-state index contributed by atoms with van der Waals surface area (Å²) < 4.78 is 49.1. The Hall–Kier alpha value is -1.83. The molecule has 0 spiro atoms. The molecule has 9 heteroatoms. The van der Waals surface area contributed by atoms with Crippen molar-refractivity contribution < 1.29 is 32.3 Å². The van der Waals surface area contributed by atoms with Crippen molar-refractivity contribution in [2.24, 2.45) is 0 Å². The van der Waals surface area contributed by atoms with Crippen LogP contribution in [0.1, 0.15) is 5.56 Å². The molecular weight excluding hydrogens is 306 g/mol. The number of nitrogens with one attached hydrogen (secondary N) is 1. The van der Waals surface area contributed by atoms with Crippen LogP contribution >= 0.6 is 11.6 Å². The number of carboxylic acids is 1. The van der Waals surface area contributed by atoms with Gasteiger partial charge < -0.3 is 10.4 Å².